The van der Waals surface area contributed by atoms with Gasteiger partial charge in [0, 0.05) is 13.2 Å². The van der Waals surface area contributed by atoms with Crippen molar-refractivity contribution >= 4 is 5.91 Å². The fourth-order valence-corrected chi connectivity index (χ4v) is 1.96. The third kappa shape index (κ3) is 2.08. The van der Waals surface area contributed by atoms with E-state index in [0.29, 0.717) is 0 Å². The molecule has 1 aliphatic carbocycles. The Kier molecular flexibility index (Phi) is 2.77. The van der Waals surface area contributed by atoms with Gasteiger partial charge in [0.1, 0.15) is 5.60 Å². The van der Waals surface area contributed by atoms with Gasteiger partial charge in [-0.25, -0.2) is 0 Å². The highest BCUT2D eigenvalue weighted by Crippen LogP contribution is 2.40. The molecule has 0 aromatic heterocycles. The SMILES string of the molecule is C[C@@H]1CCCNC(=O)C2(CC2)OCC1. The first kappa shape index (κ1) is 9.97. The maximum atomic E-state index is 11.7. The van der Waals surface area contributed by atoms with Crippen molar-refractivity contribution in [1.82, 2.24) is 5.32 Å². The van der Waals surface area contributed by atoms with E-state index in [-0.39, 0.29) is 5.91 Å². The molecule has 0 bridgehead atoms. The molecule has 0 aromatic carbocycles. The summed E-state index contributed by atoms with van der Waals surface area (Å²) in [4.78, 5) is 11.7. The lowest BCUT2D eigenvalue weighted by Gasteiger charge is -2.20. The zero-order valence-corrected chi connectivity index (χ0v) is 8.84. The van der Waals surface area contributed by atoms with Gasteiger partial charge in [0.25, 0.3) is 5.91 Å². The van der Waals surface area contributed by atoms with Gasteiger partial charge in [0.15, 0.2) is 0 Å². The molecule has 1 saturated carbocycles. The monoisotopic (exact) mass is 197 g/mol. The average Bonchev–Trinajstić information content (AvgIpc) is 2.92. The standard InChI is InChI=1S/C11H19NO2/c1-9-3-2-7-12-10(13)11(5-6-11)14-8-4-9/h9H,2-8H2,1H3,(H,12,13)/t9-/m1/s1. The minimum Gasteiger partial charge on any atom is -0.365 e. The Bertz CT molecular complexity index is 223. The van der Waals surface area contributed by atoms with Gasteiger partial charge in [-0.1, -0.05) is 6.92 Å². The molecule has 2 rings (SSSR count). The van der Waals surface area contributed by atoms with Crippen molar-refractivity contribution in [2.45, 2.75) is 44.6 Å². The number of carbonyl (C=O) groups excluding carboxylic acids is 1. The maximum Gasteiger partial charge on any atom is 0.252 e. The Morgan fingerprint density at radius 3 is 2.93 bits per heavy atom. The summed E-state index contributed by atoms with van der Waals surface area (Å²) in [7, 11) is 0. The largest absolute Gasteiger partial charge is 0.365 e. The molecule has 1 atom stereocenters. The van der Waals surface area contributed by atoms with E-state index in [2.05, 4.69) is 12.2 Å². The van der Waals surface area contributed by atoms with Crippen LogP contribution in [0.4, 0.5) is 0 Å². The van der Waals surface area contributed by atoms with Gasteiger partial charge in [0.05, 0.1) is 0 Å². The lowest BCUT2D eigenvalue weighted by molar-refractivity contribution is -0.136. The van der Waals surface area contributed by atoms with Crippen molar-refractivity contribution in [3.8, 4) is 0 Å². The molecule has 3 nitrogen and oxygen atoms in total. The van der Waals surface area contributed by atoms with E-state index in [0.717, 1.165) is 44.8 Å². The van der Waals surface area contributed by atoms with Crippen LogP contribution in [0.3, 0.4) is 0 Å². The molecule has 0 aromatic rings. The van der Waals surface area contributed by atoms with Gasteiger partial charge < -0.3 is 10.1 Å². The van der Waals surface area contributed by atoms with Crippen molar-refractivity contribution < 1.29 is 9.53 Å². The summed E-state index contributed by atoms with van der Waals surface area (Å²) < 4.78 is 5.69. The Labute approximate surface area is 85.2 Å². The Hall–Kier alpha value is -0.570. The van der Waals surface area contributed by atoms with Crippen LogP contribution >= 0.6 is 0 Å². The third-order valence-corrected chi connectivity index (χ3v) is 3.27. The first-order valence-electron chi connectivity index (χ1n) is 5.65. The molecule has 1 N–H and O–H groups in total. The lowest BCUT2D eigenvalue weighted by Crippen LogP contribution is -2.39. The predicted octanol–water partition coefficient (Wildman–Crippen LogP) is 1.47. The normalized spacial score (nSPS) is 32.4. The summed E-state index contributed by atoms with van der Waals surface area (Å²) in [5.41, 5.74) is -0.420. The highest BCUT2D eigenvalue weighted by molar-refractivity contribution is 5.88. The molecule has 80 valence electrons. The highest BCUT2D eigenvalue weighted by atomic mass is 16.5. The molecule has 1 heterocycles. The van der Waals surface area contributed by atoms with Crippen molar-refractivity contribution in [2.24, 2.45) is 5.92 Å². The van der Waals surface area contributed by atoms with Gasteiger partial charge in [0.2, 0.25) is 0 Å². The molecule has 2 fully saturated rings. The van der Waals surface area contributed by atoms with E-state index < -0.39 is 5.60 Å². The van der Waals surface area contributed by atoms with Crippen molar-refractivity contribution in [3.05, 3.63) is 0 Å². The second kappa shape index (κ2) is 3.89. The molecule has 0 radical (unpaired) electrons. The Morgan fingerprint density at radius 2 is 2.21 bits per heavy atom. The van der Waals surface area contributed by atoms with Crippen LogP contribution < -0.4 is 5.32 Å². The lowest BCUT2D eigenvalue weighted by atomic mass is 10.0. The highest BCUT2D eigenvalue weighted by Gasteiger charge is 2.51. The number of rotatable bonds is 0. The van der Waals surface area contributed by atoms with Crippen LogP contribution in [0, 0.1) is 5.92 Å². The fourth-order valence-electron chi connectivity index (χ4n) is 1.96. The topological polar surface area (TPSA) is 38.3 Å². The zero-order valence-electron chi connectivity index (χ0n) is 8.84. The predicted molar refractivity (Wildman–Crippen MR) is 53.9 cm³/mol. The van der Waals surface area contributed by atoms with E-state index >= 15 is 0 Å². The van der Waals surface area contributed by atoms with E-state index in [1.54, 1.807) is 0 Å². The van der Waals surface area contributed by atoms with Crippen molar-refractivity contribution in [1.29, 1.82) is 0 Å². The summed E-state index contributed by atoms with van der Waals surface area (Å²) in [6, 6.07) is 0. The van der Waals surface area contributed by atoms with Crippen molar-refractivity contribution in [2.75, 3.05) is 13.2 Å². The summed E-state index contributed by atoms with van der Waals surface area (Å²) in [5.74, 6) is 0.841. The number of hydrogen-bond donors (Lipinski definition) is 1. The van der Waals surface area contributed by atoms with E-state index in [4.69, 9.17) is 4.74 Å². The van der Waals surface area contributed by atoms with Crippen LogP contribution in [-0.4, -0.2) is 24.7 Å². The Morgan fingerprint density at radius 1 is 1.43 bits per heavy atom. The van der Waals surface area contributed by atoms with Crippen LogP contribution in [0.25, 0.3) is 0 Å². The van der Waals surface area contributed by atoms with Gasteiger partial charge in [-0.15, -0.1) is 0 Å². The molecule has 1 saturated heterocycles. The van der Waals surface area contributed by atoms with Crippen LogP contribution in [0.5, 0.6) is 0 Å². The molecule has 3 heteroatoms. The van der Waals surface area contributed by atoms with E-state index in [9.17, 15) is 4.79 Å². The second-order valence-electron chi connectivity index (χ2n) is 4.63. The third-order valence-electron chi connectivity index (χ3n) is 3.27. The van der Waals surface area contributed by atoms with Crippen LogP contribution in [0.15, 0.2) is 0 Å². The molecule has 2 aliphatic rings. The average molecular weight is 197 g/mol. The molecule has 1 aliphatic heterocycles. The maximum absolute atomic E-state index is 11.7. The summed E-state index contributed by atoms with van der Waals surface area (Å²) >= 11 is 0. The van der Waals surface area contributed by atoms with Crippen LogP contribution in [0.1, 0.15) is 39.0 Å². The van der Waals surface area contributed by atoms with Crippen LogP contribution in [0.2, 0.25) is 0 Å². The quantitative estimate of drug-likeness (QED) is 0.638. The first-order valence-corrected chi connectivity index (χ1v) is 5.65. The first-order chi connectivity index (χ1) is 6.73. The molecular weight excluding hydrogens is 178 g/mol. The second-order valence-corrected chi connectivity index (χ2v) is 4.63. The van der Waals surface area contributed by atoms with E-state index in [1.807, 2.05) is 0 Å². The smallest absolute Gasteiger partial charge is 0.252 e. The summed E-state index contributed by atoms with van der Waals surface area (Å²) in [6.45, 7) is 3.81. The van der Waals surface area contributed by atoms with Gasteiger partial charge in [-0.3, -0.25) is 4.79 Å². The number of nitrogens with one attached hydrogen (secondary N) is 1. The molecular formula is C11H19NO2. The summed E-state index contributed by atoms with van der Waals surface area (Å²) in [6.07, 6.45) is 5.20. The zero-order chi connectivity index (χ0) is 10.0. The van der Waals surface area contributed by atoms with E-state index in [1.165, 1.54) is 6.42 Å². The van der Waals surface area contributed by atoms with Crippen LogP contribution in [-0.2, 0) is 9.53 Å². The van der Waals surface area contributed by atoms with Crippen molar-refractivity contribution in [3.63, 3.8) is 0 Å². The molecule has 1 amide bonds. The fraction of sp³-hybridized carbons (Fsp3) is 0.909. The molecule has 0 unspecified atom stereocenters. The molecule has 1 spiro atoms. The van der Waals surface area contributed by atoms with Gasteiger partial charge in [-0.05, 0) is 38.0 Å². The number of amides is 1. The number of ether oxygens (including phenoxy) is 1. The minimum atomic E-state index is -0.420. The van der Waals surface area contributed by atoms with Gasteiger partial charge in [-0.2, -0.15) is 0 Å². The summed E-state index contributed by atoms with van der Waals surface area (Å²) in [5, 5.41) is 2.96. The molecule has 14 heavy (non-hydrogen) atoms. The number of hydrogen-bond acceptors (Lipinski definition) is 2. The van der Waals surface area contributed by atoms with Gasteiger partial charge >= 0.3 is 0 Å². The minimum absolute atomic E-state index is 0.118. The Balaban J connectivity index is 1.91. The number of carbonyl (C=O) groups is 1.